The van der Waals surface area contributed by atoms with E-state index in [9.17, 15) is 8.78 Å². The van der Waals surface area contributed by atoms with Gasteiger partial charge in [0, 0.05) is 9.50 Å². The van der Waals surface area contributed by atoms with Crippen molar-refractivity contribution in [2.75, 3.05) is 0 Å². The molecule has 2 aromatic carbocycles. The minimum atomic E-state index is -0.920. The zero-order valence-electron chi connectivity index (χ0n) is 9.63. The van der Waals surface area contributed by atoms with Crippen LogP contribution in [0.1, 0.15) is 17.2 Å². The van der Waals surface area contributed by atoms with Crippen LogP contribution in [0.5, 0.6) is 0 Å². The Bertz CT molecular complexity index is 607. The molecule has 100 valence electrons. The molecule has 6 heteroatoms. The van der Waals surface area contributed by atoms with Gasteiger partial charge in [0.05, 0.1) is 6.04 Å². The second-order valence-corrected chi connectivity index (χ2v) is 5.23. The summed E-state index contributed by atoms with van der Waals surface area (Å²) in [7, 11) is 0. The maximum atomic E-state index is 13.3. The SMILES string of the molecule is NNC(c1ccc(F)c(F)c1)c1cc(Cl)ccc1Br. The second kappa shape index (κ2) is 5.96. The molecule has 0 aliphatic carbocycles. The van der Waals surface area contributed by atoms with Crippen molar-refractivity contribution in [1.82, 2.24) is 5.43 Å². The van der Waals surface area contributed by atoms with Crippen LogP contribution in [0.3, 0.4) is 0 Å². The summed E-state index contributed by atoms with van der Waals surface area (Å²) < 4.78 is 27.0. The van der Waals surface area contributed by atoms with E-state index in [0.717, 1.165) is 22.2 Å². The van der Waals surface area contributed by atoms with Gasteiger partial charge in [0.25, 0.3) is 0 Å². The molecule has 0 saturated carbocycles. The lowest BCUT2D eigenvalue weighted by Crippen LogP contribution is -2.29. The summed E-state index contributed by atoms with van der Waals surface area (Å²) in [5.41, 5.74) is 3.81. The van der Waals surface area contributed by atoms with E-state index in [1.54, 1.807) is 18.2 Å². The van der Waals surface area contributed by atoms with Gasteiger partial charge in [-0.2, -0.15) is 0 Å². The molecule has 1 atom stereocenters. The average Bonchev–Trinajstić information content (AvgIpc) is 2.38. The summed E-state index contributed by atoms with van der Waals surface area (Å²) in [5, 5.41) is 0.529. The molecule has 0 bridgehead atoms. The lowest BCUT2D eigenvalue weighted by molar-refractivity contribution is 0.504. The standard InChI is InChI=1S/C13H10BrClF2N2/c14-10-3-2-8(15)6-9(10)13(19-18)7-1-4-11(16)12(17)5-7/h1-6,13,19H,18H2. The Morgan fingerprint density at radius 1 is 1.11 bits per heavy atom. The van der Waals surface area contributed by atoms with Gasteiger partial charge in [0.1, 0.15) is 0 Å². The van der Waals surface area contributed by atoms with Gasteiger partial charge in [0.15, 0.2) is 11.6 Å². The highest BCUT2D eigenvalue weighted by Crippen LogP contribution is 2.31. The van der Waals surface area contributed by atoms with E-state index in [-0.39, 0.29) is 0 Å². The molecule has 0 aromatic heterocycles. The molecule has 2 nitrogen and oxygen atoms in total. The van der Waals surface area contributed by atoms with E-state index in [1.165, 1.54) is 6.07 Å². The van der Waals surface area contributed by atoms with Gasteiger partial charge in [-0.25, -0.2) is 14.2 Å². The third-order valence-electron chi connectivity index (χ3n) is 2.71. The number of nitrogens with one attached hydrogen (secondary N) is 1. The first-order valence-electron chi connectivity index (χ1n) is 5.39. The van der Waals surface area contributed by atoms with Gasteiger partial charge in [-0.15, -0.1) is 0 Å². The monoisotopic (exact) mass is 346 g/mol. The molecule has 0 radical (unpaired) electrons. The predicted molar refractivity (Wildman–Crippen MR) is 74.7 cm³/mol. The van der Waals surface area contributed by atoms with Gasteiger partial charge in [-0.05, 0) is 41.5 Å². The maximum absolute atomic E-state index is 13.3. The fourth-order valence-corrected chi connectivity index (χ4v) is 2.45. The predicted octanol–water partition coefficient (Wildman–Crippen LogP) is 3.93. The van der Waals surface area contributed by atoms with Crippen LogP contribution in [0.4, 0.5) is 8.78 Å². The summed E-state index contributed by atoms with van der Waals surface area (Å²) in [6, 6.07) is 8.33. The van der Waals surface area contributed by atoms with E-state index < -0.39 is 17.7 Å². The summed E-state index contributed by atoms with van der Waals surface area (Å²) in [4.78, 5) is 0. The van der Waals surface area contributed by atoms with Crippen LogP contribution in [-0.2, 0) is 0 Å². The van der Waals surface area contributed by atoms with Crippen LogP contribution in [0.2, 0.25) is 5.02 Å². The first-order chi connectivity index (χ1) is 9.02. The largest absolute Gasteiger partial charge is 0.271 e. The van der Waals surface area contributed by atoms with Gasteiger partial charge < -0.3 is 0 Å². The van der Waals surface area contributed by atoms with Crippen molar-refractivity contribution in [3.05, 3.63) is 68.7 Å². The zero-order chi connectivity index (χ0) is 14.0. The molecule has 0 fully saturated rings. The normalized spacial score (nSPS) is 12.5. The van der Waals surface area contributed by atoms with Crippen molar-refractivity contribution in [2.45, 2.75) is 6.04 Å². The fraction of sp³-hybridized carbons (Fsp3) is 0.0769. The fourth-order valence-electron chi connectivity index (χ4n) is 1.79. The first-order valence-corrected chi connectivity index (χ1v) is 6.56. The summed E-state index contributed by atoms with van der Waals surface area (Å²) in [6.45, 7) is 0. The minimum absolute atomic E-state index is 0.497. The van der Waals surface area contributed by atoms with E-state index in [2.05, 4.69) is 21.4 Å². The second-order valence-electron chi connectivity index (χ2n) is 3.94. The maximum Gasteiger partial charge on any atom is 0.159 e. The van der Waals surface area contributed by atoms with E-state index in [0.29, 0.717) is 10.6 Å². The number of halogens is 4. The number of benzene rings is 2. The minimum Gasteiger partial charge on any atom is -0.271 e. The van der Waals surface area contributed by atoms with Crippen LogP contribution in [0.25, 0.3) is 0 Å². The van der Waals surface area contributed by atoms with Crippen molar-refractivity contribution >= 4 is 27.5 Å². The highest BCUT2D eigenvalue weighted by Gasteiger charge is 2.17. The van der Waals surface area contributed by atoms with E-state index in [4.69, 9.17) is 17.4 Å². The molecular formula is C13H10BrClF2N2. The van der Waals surface area contributed by atoms with Gasteiger partial charge in [0.2, 0.25) is 0 Å². The summed E-state index contributed by atoms with van der Waals surface area (Å²) in [6.07, 6.45) is 0. The highest BCUT2D eigenvalue weighted by atomic mass is 79.9. The Hall–Kier alpha value is -1.01. The van der Waals surface area contributed by atoms with Gasteiger partial charge in [-0.1, -0.05) is 33.6 Å². The van der Waals surface area contributed by atoms with Gasteiger partial charge in [-0.3, -0.25) is 5.84 Å². The average molecular weight is 348 g/mol. The van der Waals surface area contributed by atoms with Crippen LogP contribution >= 0.6 is 27.5 Å². The number of hydrazine groups is 1. The van der Waals surface area contributed by atoms with Crippen LogP contribution in [0, 0.1) is 11.6 Å². The molecule has 0 heterocycles. The van der Waals surface area contributed by atoms with Crippen molar-refractivity contribution < 1.29 is 8.78 Å². The third-order valence-corrected chi connectivity index (χ3v) is 3.67. The number of hydrogen-bond donors (Lipinski definition) is 2. The molecule has 1 unspecified atom stereocenters. The molecule has 0 aliphatic heterocycles. The Labute approximate surface area is 122 Å². The van der Waals surface area contributed by atoms with E-state index >= 15 is 0 Å². The Morgan fingerprint density at radius 2 is 1.84 bits per heavy atom. The molecule has 0 spiro atoms. The Kier molecular flexibility index (Phi) is 4.52. The molecule has 0 aliphatic rings. The number of rotatable bonds is 3. The van der Waals surface area contributed by atoms with Gasteiger partial charge >= 0.3 is 0 Å². The zero-order valence-corrected chi connectivity index (χ0v) is 12.0. The van der Waals surface area contributed by atoms with Crippen molar-refractivity contribution in [2.24, 2.45) is 5.84 Å². The van der Waals surface area contributed by atoms with Crippen molar-refractivity contribution in [1.29, 1.82) is 0 Å². The first kappa shape index (κ1) is 14.4. The molecule has 19 heavy (non-hydrogen) atoms. The molecule has 0 amide bonds. The van der Waals surface area contributed by atoms with E-state index in [1.807, 2.05) is 0 Å². The van der Waals surface area contributed by atoms with Crippen LogP contribution < -0.4 is 11.3 Å². The van der Waals surface area contributed by atoms with Crippen molar-refractivity contribution in [3.8, 4) is 0 Å². The quantitative estimate of drug-likeness (QED) is 0.652. The Balaban J connectivity index is 2.49. The molecular weight excluding hydrogens is 338 g/mol. The lowest BCUT2D eigenvalue weighted by atomic mass is 9.99. The topological polar surface area (TPSA) is 38.0 Å². The highest BCUT2D eigenvalue weighted by molar-refractivity contribution is 9.10. The van der Waals surface area contributed by atoms with Crippen LogP contribution in [-0.4, -0.2) is 0 Å². The number of hydrogen-bond acceptors (Lipinski definition) is 2. The summed E-state index contributed by atoms with van der Waals surface area (Å²) >= 11 is 9.32. The Morgan fingerprint density at radius 3 is 2.47 bits per heavy atom. The number of nitrogens with two attached hydrogens (primary N) is 1. The molecule has 2 aromatic rings. The molecule has 3 N–H and O–H groups in total. The molecule has 0 saturated heterocycles. The summed E-state index contributed by atoms with van der Waals surface area (Å²) in [5.74, 6) is 3.69. The van der Waals surface area contributed by atoms with Crippen LogP contribution in [0.15, 0.2) is 40.9 Å². The third kappa shape index (κ3) is 3.12. The molecule has 2 rings (SSSR count). The van der Waals surface area contributed by atoms with Crippen molar-refractivity contribution in [3.63, 3.8) is 0 Å². The lowest BCUT2D eigenvalue weighted by Gasteiger charge is -2.19. The smallest absolute Gasteiger partial charge is 0.159 e.